The second kappa shape index (κ2) is 43.4. The Morgan fingerprint density at radius 1 is 0.227 bits per heavy atom. The van der Waals surface area contributed by atoms with Gasteiger partial charge in [0.15, 0.2) is 0 Å². The van der Waals surface area contributed by atoms with Crippen LogP contribution in [0.1, 0.15) is 262 Å². The topological polar surface area (TPSA) is 22.8 Å². The van der Waals surface area contributed by atoms with Crippen molar-refractivity contribution in [2.75, 3.05) is 19.6 Å². The Hall–Kier alpha value is -14.2. The highest BCUT2D eigenvalue weighted by Crippen LogP contribution is 2.69. The Labute approximate surface area is 893 Å². The van der Waals surface area contributed by atoms with Gasteiger partial charge in [-0.25, -0.2) is 0 Å². The molecule has 0 spiro atoms. The van der Waals surface area contributed by atoms with Gasteiger partial charge in [-0.3, -0.25) is 0 Å². The summed E-state index contributed by atoms with van der Waals surface area (Å²) in [6, 6.07) is 145. The first kappa shape index (κ1) is 99.1. The second-order valence-electron chi connectivity index (χ2n) is 45.9. The number of para-hydroxylation sites is 2. The average molecular weight is 1960 g/mol. The third kappa shape index (κ3) is 19.7. The number of benzene rings is 16. The summed E-state index contributed by atoms with van der Waals surface area (Å²) in [5.41, 5.74) is 39.1. The summed E-state index contributed by atoms with van der Waals surface area (Å²) < 4.78 is 5.07. The van der Waals surface area contributed by atoms with Gasteiger partial charge in [0.2, 0.25) is 0 Å². The lowest BCUT2D eigenvalue weighted by atomic mass is 9.41. The third-order valence-corrected chi connectivity index (χ3v) is 35.7. The lowest BCUT2D eigenvalue weighted by molar-refractivity contribution is -0.0283. The van der Waals surface area contributed by atoms with Gasteiger partial charge in [0.25, 0.3) is 0 Å². The molecule has 0 saturated heterocycles. The number of hydrogen-bond donors (Lipinski definition) is 0. The van der Waals surface area contributed by atoms with Gasteiger partial charge in [0, 0.05) is 101 Å². The molecule has 0 aliphatic heterocycles. The quantitative estimate of drug-likeness (QED) is 0.0385. The molecule has 0 amide bonds. The molecule has 0 N–H and O–H groups in total. The number of fused-ring (bicyclic) bond motifs is 6. The van der Waals surface area contributed by atoms with Crippen molar-refractivity contribution in [1.82, 2.24) is 9.13 Å². The first-order valence-corrected chi connectivity index (χ1v) is 57.4. The summed E-state index contributed by atoms with van der Waals surface area (Å²) in [6.45, 7) is 21.8. The monoisotopic (exact) mass is 1960 g/mol. The van der Waals surface area contributed by atoms with Crippen molar-refractivity contribution in [3.8, 4) is 11.4 Å². The molecule has 8 aliphatic carbocycles. The first-order valence-electron chi connectivity index (χ1n) is 57.4. The number of hydrogen-bond acceptors (Lipinski definition) is 4. The predicted octanol–water partition coefficient (Wildman–Crippen LogP) is 40.4. The Morgan fingerprint density at radius 2 is 0.420 bits per heavy atom. The Bertz CT molecular complexity index is 7280. The maximum atomic E-state index is 4.06. The van der Waals surface area contributed by atoms with E-state index in [2.05, 4.69) is 460 Å². The average Bonchev–Trinajstić information content (AvgIpc) is 1.06. The molecule has 8 aliphatic rings. The van der Waals surface area contributed by atoms with E-state index in [9.17, 15) is 0 Å². The van der Waals surface area contributed by atoms with Gasteiger partial charge in [0.05, 0.1) is 22.1 Å². The fourth-order valence-electron chi connectivity index (χ4n) is 29.0. The molecular weight excluding hydrogens is 1810 g/mol. The molecule has 2 aromatic heterocycles. The summed E-state index contributed by atoms with van der Waals surface area (Å²) in [5, 5.41) is 4.96. The number of rotatable bonds is 38. The van der Waals surface area contributed by atoms with Crippen LogP contribution in [0.15, 0.2) is 389 Å². The van der Waals surface area contributed by atoms with E-state index in [1.54, 1.807) is 11.1 Å². The van der Waals surface area contributed by atoms with Gasteiger partial charge in [-0.1, -0.05) is 287 Å². The highest BCUT2D eigenvalue weighted by molar-refractivity contribution is 6.14. The number of nitrogens with zero attached hydrogens (tertiary/aromatic N) is 6. The van der Waals surface area contributed by atoms with Crippen molar-refractivity contribution in [3.05, 3.63) is 456 Å². The Kier molecular flexibility index (Phi) is 28.7. The van der Waals surface area contributed by atoms with Crippen molar-refractivity contribution < 1.29 is 0 Å². The number of anilines is 12. The fourth-order valence-corrected chi connectivity index (χ4v) is 29.0. The van der Waals surface area contributed by atoms with E-state index in [1.807, 2.05) is 12.2 Å². The van der Waals surface area contributed by atoms with E-state index in [-0.39, 0.29) is 21.7 Å². The number of aromatic nitrogens is 2. The summed E-state index contributed by atoms with van der Waals surface area (Å²) >= 11 is 0. The molecule has 6 nitrogen and oxygen atoms in total. The Morgan fingerprint density at radius 3 is 0.620 bits per heavy atom. The van der Waals surface area contributed by atoms with Gasteiger partial charge >= 0.3 is 0 Å². The van der Waals surface area contributed by atoms with Crippen LogP contribution in [0.2, 0.25) is 0 Å². The van der Waals surface area contributed by atoms with Gasteiger partial charge in [0.1, 0.15) is 0 Å². The van der Waals surface area contributed by atoms with Crippen molar-refractivity contribution in [3.63, 3.8) is 0 Å². The fraction of sp³-hybridized carbons (Fsp3) is 0.306. The largest absolute Gasteiger partial charge is 0.310 e. The smallest absolute Gasteiger partial charge is 0.0542 e. The molecule has 8 fully saturated rings. The molecule has 150 heavy (non-hydrogen) atoms. The maximum Gasteiger partial charge on any atom is 0.0542 e. The highest BCUT2D eigenvalue weighted by atomic mass is 15.2. The molecule has 18 aromatic rings. The number of aryl methyl sites for hydroxylation is 6. The van der Waals surface area contributed by atoms with E-state index < -0.39 is 0 Å². The van der Waals surface area contributed by atoms with Gasteiger partial charge in [-0.15, -0.1) is 0 Å². The zero-order valence-electron chi connectivity index (χ0n) is 89.6. The van der Waals surface area contributed by atoms with Gasteiger partial charge in [-0.05, 0) is 460 Å². The molecule has 4 unspecified atom stereocenters. The first-order chi connectivity index (χ1) is 73.7. The molecule has 8 saturated carbocycles. The minimum absolute atomic E-state index is 0.210. The minimum Gasteiger partial charge on any atom is -0.310 e. The van der Waals surface area contributed by atoms with Crippen LogP contribution >= 0.6 is 0 Å². The molecule has 2 heterocycles. The van der Waals surface area contributed by atoms with Crippen LogP contribution in [0.5, 0.6) is 0 Å². The van der Waals surface area contributed by atoms with Gasteiger partial charge in [-0.2, -0.15) is 0 Å². The maximum absolute atomic E-state index is 4.06. The summed E-state index contributed by atoms with van der Waals surface area (Å²) in [5.74, 6) is 3.16. The summed E-state index contributed by atoms with van der Waals surface area (Å²) in [7, 11) is 0. The zero-order valence-corrected chi connectivity index (χ0v) is 89.6. The van der Waals surface area contributed by atoms with Crippen LogP contribution in [0.3, 0.4) is 0 Å². The van der Waals surface area contributed by atoms with Crippen molar-refractivity contribution in [1.29, 1.82) is 0 Å². The molecule has 6 heteroatoms. The highest BCUT2D eigenvalue weighted by Gasteiger charge is 2.60. The number of unbranched alkanes of at least 4 members (excludes halogenated alkanes) is 6. The third-order valence-electron chi connectivity index (χ3n) is 35.7. The summed E-state index contributed by atoms with van der Waals surface area (Å²) in [6.07, 6.45) is 40.9. The van der Waals surface area contributed by atoms with Crippen molar-refractivity contribution in [2.24, 2.45) is 23.7 Å². The van der Waals surface area contributed by atoms with E-state index in [1.165, 1.54) is 287 Å². The molecule has 26 rings (SSSR count). The zero-order chi connectivity index (χ0) is 102. The molecular formula is C144H150N6. The Balaban J connectivity index is 0.000000165. The predicted molar refractivity (Wildman–Crippen MR) is 641 cm³/mol. The molecule has 0 radical (unpaired) electrons. The second-order valence-corrected chi connectivity index (χ2v) is 45.9. The summed E-state index contributed by atoms with van der Waals surface area (Å²) in [4.78, 5) is 9.81. The molecule has 4 atom stereocenters. The van der Waals surface area contributed by atoms with Crippen molar-refractivity contribution >= 4 is 124 Å². The van der Waals surface area contributed by atoms with Crippen LogP contribution in [0.4, 0.5) is 68.2 Å². The van der Waals surface area contributed by atoms with Crippen LogP contribution in [0, 0.1) is 23.7 Å². The van der Waals surface area contributed by atoms with E-state index in [4.69, 9.17) is 0 Å². The normalized spacial score (nSPS) is 19.7. The van der Waals surface area contributed by atoms with Crippen molar-refractivity contribution in [2.45, 2.75) is 256 Å². The van der Waals surface area contributed by atoms with E-state index in [0.717, 1.165) is 108 Å². The lowest BCUT2D eigenvalue weighted by Gasteiger charge is -2.63. The van der Waals surface area contributed by atoms with Crippen LogP contribution < -0.4 is 19.6 Å². The SMILES string of the molecule is C=Cc1ccc(C23CC4CC(C2)CC(c2ccc(-n5c6ccc(N(c7ccc(CCCC)cc7)c7ccc(CCCC)cc7)cc6c6cc(N(c7ccc(CCCC)cc7)c7ccc(CCCC)cc7)ccc65)cc2)(C4)C3)cc1.C=Cc1ccc(C23CC4CC(C2)CC(c2ccc(-n5c6ccc(N(c7ccccc7)c7ccc(CCCC)cc7)cc6c6cc(N(c7ccccc7)c7ccc(CCCC)cc7)ccc65)cc2)(C4)C3)cc1. The molecule has 756 valence electrons. The minimum atomic E-state index is 0.210. The standard InChI is InChI=1S/C76H83N3.C68H67N3/c1-6-11-15-56-21-33-64(34-22-56)77(65-35-23-57(24-36-65)16-12-7-2)69-43-45-73-71(48-69)72-49-70(78(66-37-25-58(26-38-66)17-13-8-3)67-39-27-59(28-40-67)18-14-9-4)44-46-74(72)79(73)68-41-31-63(32-42-68)76-52-60-47-61(53-76)51-75(50-60,54-76)62-29-19-55(10-5)20-30-62;1-4-7-15-50-23-31-58(32-24-50)69(56-17-11-9-12-18-56)61-37-39-65-63(42-61)64-43-62(70(57-19-13-10-14-20-57)59-33-25-51(26-34-59)16-8-5-2)38-40-66(64)71(65)60-35-29-55(30-36-60)68-46-52-41-53(47-68)45-67(44-52,48-68)54-27-21-49(6-3)22-28-54/h10,19-46,48-49,60-61H,5-9,11-18,47,50-54H2,1-4H3;6,9-14,17-40,42-43,52-53H,3-5,7-8,15-16,41,44-48H2,1-2H3. The van der Waals surface area contributed by atoms with Crippen LogP contribution in [0.25, 0.3) is 67.1 Å². The van der Waals surface area contributed by atoms with E-state index >= 15 is 0 Å². The lowest BCUT2D eigenvalue weighted by Crippen LogP contribution is -2.55. The molecule has 16 aromatic carbocycles. The van der Waals surface area contributed by atoms with E-state index in [0.29, 0.717) is 0 Å². The van der Waals surface area contributed by atoms with Crippen LogP contribution in [-0.2, 0) is 60.2 Å². The molecule has 8 bridgehead atoms. The van der Waals surface area contributed by atoms with Crippen LogP contribution in [-0.4, -0.2) is 9.13 Å². The van der Waals surface area contributed by atoms with Gasteiger partial charge < -0.3 is 28.7 Å².